The molecule has 5 heteroatoms. The van der Waals surface area contributed by atoms with Gasteiger partial charge >= 0.3 is 0 Å². The summed E-state index contributed by atoms with van der Waals surface area (Å²) in [6, 6.07) is 0. The summed E-state index contributed by atoms with van der Waals surface area (Å²) >= 11 is 0. The zero-order chi connectivity index (χ0) is 7.11. The molecule has 0 aromatic rings. The van der Waals surface area contributed by atoms with Gasteiger partial charge in [-0.25, -0.2) is 0 Å². The first-order valence-corrected chi connectivity index (χ1v) is 2.32. The predicted molar refractivity (Wildman–Crippen MR) is 30.9 cm³/mol. The molecule has 0 aliphatic carbocycles. The lowest BCUT2D eigenvalue weighted by atomic mass is 10.4. The summed E-state index contributed by atoms with van der Waals surface area (Å²) in [7, 11) is 1.41. The molecule has 0 aromatic heterocycles. The molecule has 0 spiro atoms. The molecule has 0 saturated carbocycles. The van der Waals surface area contributed by atoms with Crippen molar-refractivity contribution >= 4 is 5.78 Å². The van der Waals surface area contributed by atoms with Crippen LogP contribution in [0.5, 0.6) is 0 Å². The van der Waals surface area contributed by atoms with Gasteiger partial charge in [0.15, 0.2) is 5.78 Å². The van der Waals surface area contributed by atoms with Gasteiger partial charge in [0.1, 0.15) is 6.61 Å². The molecule has 0 N–H and O–H groups in total. The van der Waals surface area contributed by atoms with Crippen LogP contribution in [-0.2, 0) is 9.53 Å². The van der Waals surface area contributed by atoms with E-state index in [1.807, 2.05) is 0 Å². The molecule has 0 fully saturated rings. The lowest BCUT2D eigenvalue weighted by molar-refractivity contribution is -0.121. The molecule has 50 valence electrons. The first-order chi connectivity index (χ1) is 4.31. The van der Waals surface area contributed by atoms with Gasteiger partial charge in [-0.2, -0.15) is 0 Å². The molecule has 0 bridgehead atoms. The monoisotopic (exact) mass is 129 g/mol. The number of nitrogens with zero attached hydrogens (tertiary/aromatic N) is 3. The van der Waals surface area contributed by atoms with Crippen molar-refractivity contribution in [2.45, 2.75) is 0 Å². The zero-order valence-electron chi connectivity index (χ0n) is 5.07. The third-order valence-corrected chi connectivity index (χ3v) is 0.616. The molecule has 0 saturated heterocycles. The Morgan fingerprint density at radius 2 is 2.56 bits per heavy atom. The SMILES string of the molecule is COCC(=O)CN=[N+]=[N-]. The van der Waals surface area contributed by atoms with Crippen molar-refractivity contribution in [3.8, 4) is 0 Å². The fourth-order valence-corrected chi connectivity index (χ4v) is 0.317. The van der Waals surface area contributed by atoms with Gasteiger partial charge in [0.25, 0.3) is 0 Å². The fraction of sp³-hybridized carbons (Fsp3) is 0.750. The molecular formula is C4H7N3O2. The molecular weight excluding hydrogens is 122 g/mol. The Bertz CT molecular complexity index is 139. The maximum atomic E-state index is 10.4. The van der Waals surface area contributed by atoms with E-state index in [4.69, 9.17) is 5.53 Å². The van der Waals surface area contributed by atoms with Crippen LogP contribution in [-0.4, -0.2) is 26.0 Å². The van der Waals surface area contributed by atoms with Crippen molar-refractivity contribution in [3.05, 3.63) is 10.4 Å². The summed E-state index contributed by atoms with van der Waals surface area (Å²) in [4.78, 5) is 12.8. The van der Waals surface area contributed by atoms with Crippen LogP contribution in [0.1, 0.15) is 0 Å². The van der Waals surface area contributed by atoms with Crippen molar-refractivity contribution in [3.63, 3.8) is 0 Å². The topological polar surface area (TPSA) is 75.1 Å². The van der Waals surface area contributed by atoms with Gasteiger partial charge in [-0.15, -0.1) is 0 Å². The van der Waals surface area contributed by atoms with Gasteiger partial charge in [0.05, 0.1) is 6.54 Å². The molecule has 0 atom stereocenters. The van der Waals surface area contributed by atoms with Gasteiger partial charge in [-0.1, -0.05) is 5.11 Å². The summed E-state index contributed by atoms with van der Waals surface area (Å²) < 4.78 is 4.47. The molecule has 0 aliphatic heterocycles. The standard InChI is InChI=1S/C4H7N3O2/c1-9-3-4(8)2-6-7-5/h2-3H2,1H3. The van der Waals surface area contributed by atoms with E-state index in [2.05, 4.69) is 14.8 Å². The van der Waals surface area contributed by atoms with Crippen LogP contribution >= 0.6 is 0 Å². The van der Waals surface area contributed by atoms with Crippen LogP contribution in [0, 0.1) is 0 Å². The van der Waals surface area contributed by atoms with Crippen LogP contribution in [0.4, 0.5) is 0 Å². The fourth-order valence-electron chi connectivity index (χ4n) is 0.317. The second-order valence-corrected chi connectivity index (χ2v) is 1.36. The number of carbonyl (C=O) groups excluding carboxylic acids is 1. The van der Waals surface area contributed by atoms with E-state index in [0.717, 1.165) is 0 Å². The molecule has 0 aromatic carbocycles. The molecule has 0 radical (unpaired) electrons. The largest absolute Gasteiger partial charge is 0.377 e. The highest BCUT2D eigenvalue weighted by atomic mass is 16.5. The van der Waals surface area contributed by atoms with Crippen LogP contribution in [0.25, 0.3) is 10.4 Å². The summed E-state index contributed by atoms with van der Waals surface area (Å²) in [6.07, 6.45) is 0. The number of carbonyl (C=O) groups is 1. The van der Waals surface area contributed by atoms with Gasteiger partial charge in [0, 0.05) is 12.0 Å². The first kappa shape index (κ1) is 7.94. The van der Waals surface area contributed by atoms with Gasteiger partial charge < -0.3 is 4.74 Å². The number of rotatable bonds is 4. The van der Waals surface area contributed by atoms with E-state index in [0.29, 0.717) is 0 Å². The molecule has 0 heterocycles. The maximum absolute atomic E-state index is 10.4. The molecule has 5 nitrogen and oxygen atoms in total. The Kier molecular flexibility index (Phi) is 4.49. The number of azide groups is 1. The van der Waals surface area contributed by atoms with Crippen LogP contribution < -0.4 is 0 Å². The number of ether oxygens (including phenoxy) is 1. The van der Waals surface area contributed by atoms with E-state index in [1.165, 1.54) is 7.11 Å². The van der Waals surface area contributed by atoms with Gasteiger partial charge in [-0.3, -0.25) is 4.79 Å². The minimum Gasteiger partial charge on any atom is -0.377 e. The molecule has 0 aliphatic rings. The van der Waals surface area contributed by atoms with Crippen LogP contribution in [0.15, 0.2) is 5.11 Å². The van der Waals surface area contributed by atoms with Crippen LogP contribution in [0.3, 0.4) is 0 Å². The average Bonchev–Trinajstić information content (AvgIpc) is 1.85. The molecule has 0 rings (SSSR count). The van der Waals surface area contributed by atoms with Crippen molar-refractivity contribution < 1.29 is 9.53 Å². The smallest absolute Gasteiger partial charge is 0.164 e. The van der Waals surface area contributed by atoms with Crippen molar-refractivity contribution in [2.24, 2.45) is 5.11 Å². The predicted octanol–water partition coefficient (Wildman–Crippen LogP) is 0.512. The lowest BCUT2D eigenvalue weighted by Gasteiger charge is -1.90. The summed E-state index contributed by atoms with van der Waals surface area (Å²) in [5.74, 6) is -0.213. The highest BCUT2D eigenvalue weighted by molar-refractivity contribution is 5.81. The summed E-state index contributed by atoms with van der Waals surface area (Å²) in [5.41, 5.74) is 7.75. The average molecular weight is 129 g/mol. The molecule has 0 unspecified atom stereocenters. The van der Waals surface area contributed by atoms with Crippen LogP contribution in [0.2, 0.25) is 0 Å². The first-order valence-electron chi connectivity index (χ1n) is 2.32. The number of hydrogen-bond donors (Lipinski definition) is 0. The molecule has 9 heavy (non-hydrogen) atoms. The third-order valence-electron chi connectivity index (χ3n) is 0.616. The van der Waals surface area contributed by atoms with Crippen molar-refractivity contribution in [2.75, 3.05) is 20.3 Å². The summed E-state index contributed by atoms with van der Waals surface area (Å²) in [5, 5.41) is 3.04. The quantitative estimate of drug-likeness (QED) is 0.315. The van der Waals surface area contributed by atoms with E-state index >= 15 is 0 Å². The maximum Gasteiger partial charge on any atom is 0.164 e. The van der Waals surface area contributed by atoms with Crippen molar-refractivity contribution in [1.82, 2.24) is 0 Å². The number of hydrogen-bond acceptors (Lipinski definition) is 3. The van der Waals surface area contributed by atoms with E-state index in [9.17, 15) is 4.79 Å². The third kappa shape index (κ3) is 4.80. The second kappa shape index (κ2) is 5.08. The Morgan fingerprint density at radius 1 is 1.89 bits per heavy atom. The zero-order valence-corrected chi connectivity index (χ0v) is 5.07. The molecule has 0 amide bonds. The van der Waals surface area contributed by atoms with E-state index in [1.54, 1.807) is 0 Å². The lowest BCUT2D eigenvalue weighted by Crippen LogP contribution is -2.08. The normalized spacial score (nSPS) is 8.11. The minimum atomic E-state index is -0.213. The number of Topliss-reactive ketones (excluding diaryl/α,β-unsaturated/α-hetero) is 1. The Labute approximate surface area is 52.2 Å². The van der Waals surface area contributed by atoms with Gasteiger partial charge in [0.2, 0.25) is 0 Å². The Morgan fingerprint density at radius 3 is 3.00 bits per heavy atom. The highest BCUT2D eigenvalue weighted by Crippen LogP contribution is 1.76. The van der Waals surface area contributed by atoms with E-state index in [-0.39, 0.29) is 18.9 Å². The second-order valence-electron chi connectivity index (χ2n) is 1.36. The number of methoxy groups -OCH3 is 1. The highest BCUT2D eigenvalue weighted by Gasteiger charge is 1.95. The Hall–Kier alpha value is -1.06. The van der Waals surface area contributed by atoms with E-state index < -0.39 is 0 Å². The summed E-state index contributed by atoms with van der Waals surface area (Å²) in [6.45, 7) is -0.108. The van der Waals surface area contributed by atoms with Gasteiger partial charge in [-0.05, 0) is 5.53 Å². The Balaban J connectivity index is 3.38. The number of ketones is 1. The van der Waals surface area contributed by atoms with Crippen molar-refractivity contribution in [1.29, 1.82) is 0 Å². The minimum absolute atomic E-state index is 0.0129.